The Balaban J connectivity index is 1.72. The SMILES string of the molecule is CCOCCn1c(=NC(=O)C2CCCCN2S(=O)(=O)c2ccc(Cl)s2)sc2cc(OCC)ccc21. The lowest BCUT2D eigenvalue weighted by atomic mass is 10.0. The summed E-state index contributed by atoms with van der Waals surface area (Å²) in [4.78, 5) is 18.4. The summed E-state index contributed by atoms with van der Waals surface area (Å²) >= 11 is 8.35. The van der Waals surface area contributed by atoms with Crippen molar-refractivity contribution in [2.45, 2.75) is 49.9 Å². The number of hydrogen-bond acceptors (Lipinski definition) is 7. The van der Waals surface area contributed by atoms with Crippen LogP contribution in [0.1, 0.15) is 33.1 Å². The number of fused-ring (bicyclic) bond motifs is 1. The predicted octanol–water partition coefficient (Wildman–Crippen LogP) is 4.52. The number of nitrogens with zero attached hydrogens (tertiary/aromatic N) is 3. The molecule has 0 aliphatic carbocycles. The van der Waals surface area contributed by atoms with Gasteiger partial charge in [0, 0.05) is 19.7 Å². The molecule has 1 aliphatic heterocycles. The van der Waals surface area contributed by atoms with Gasteiger partial charge in [0.1, 0.15) is 16.0 Å². The molecule has 3 heterocycles. The smallest absolute Gasteiger partial charge is 0.266 e. The van der Waals surface area contributed by atoms with Crippen LogP contribution in [0, 0.1) is 0 Å². The van der Waals surface area contributed by atoms with E-state index in [0.29, 0.717) is 48.3 Å². The normalized spacial score (nSPS) is 17.8. The molecule has 12 heteroatoms. The molecule has 0 N–H and O–H groups in total. The maximum Gasteiger partial charge on any atom is 0.266 e. The van der Waals surface area contributed by atoms with Crippen LogP contribution >= 0.6 is 34.3 Å². The average Bonchev–Trinajstić information content (AvgIpc) is 3.43. The third-order valence-electron chi connectivity index (χ3n) is 5.68. The second kappa shape index (κ2) is 11.5. The van der Waals surface area contributed by atoms with E-state index in [-0.39, 0.29) is 10.8 Å². The van der Waals surface area contributed by atoms with Gasteiger partial charge in [-0.25, -0.2) is 8.42 Å². The van der Waals surface area contributed by atoms with Crippen LogP contribution in [0.5, 0.6) is 5.75 Å². The van der Waals surface area contributed by atoms with Gasteiger partial charge in [0.05, 0.1) is 27.8 Å². The van der Waals surface area contributed by atoms with Crippen LogP contribution in [0.3, 0.4) is 0 Å². The number of thiazole rings is 1. The van der Waals surface area contributed by atoms with E-state index in [1.54, 1.807) is 6.07 Å². The minimum absolute atomic E-state index is 0.138. The number of benzene rings is 1. The molecule has 1 saturated heterocycles. The van der Waals surface area contributed by atoms with E-state index in [4.69, 9.17) is 21.1 Å². The molecule has 0 spiro atoms. The Bertz CT molecular complexity index is 1360. The summed E-state index contributed by atoms with van der Waals surface area (Å²) in [6, 6.07) is 7.97. The van der Waals surface area contributed by atoms with Crippen LogP contribution in [-0.4, -0.2) is 55.6 Å². The van der Waals surface area contributed by atoms with E-state index in [9.17, 15) is 13.2 Å². The van der Waals surface area contributed by atoms with Crippen molar-refractivity contribution >= 4 is 60.4 Å². The van der Waals surface area contributed by atoms with E-state index in [1.807, 2.05) is 36.6 Å². The molecule has 4 rings (SSSR count). The minimum Gasteiger partial charge on any atom is -0.494 e. The molecular formula is C23H28ClN3O5S3. The Morgan fingerprint density at radius 1 is 1.17 bits per heavy atom. The summed E-state index contributed by atoms with van der Waals surface area (Å²) in [6.07, 6.45) is 1.89. The second-order valence-corrected chi connectivity index (χ2v) is 12.8. The van der Waals surface area contributed by atoms with Gasteiger partial charge in [-0.2, -0.15) is 9.30 Å². The Labute approximate surface area is 217 Å². The molecule has 1 unspecified atom stereocenters. The quantitative estimate of drug-likeness (QED) is 0.361. The number of carbonyl (C=O) groups is 1. The Morgan fingerprint density at radius 3 is 2.71 bits per heavy atom. The molecule has 3 aromatic rings. The summed E-state index contributed by atoms with van der Waals surface area (Å²) in [7, 11) is -3.85. The first-order valence-corrected chi connectivity index (χ1v) is 15.0. The van der Waals surface area contributed by atoms with Crippen LogP contribution in [0.2, 0.25) is 4.34 Å². The molecule has 1 amide bonds. The number of hydrogen-bond donors (Lipinski definition) is 0. The van der Waals surface area contributed by atoms with Crippen molar-refractivity contribution in [2.75, 3.05) is 26.4 Å². The van der Waals surface area contributed by atoms with Gasteiger partial charge in [-0.05, 0) is 57.0 Å². The van der Waals surface area contributed by atoms with Crippen LogP contribution in [0.15, 0.2) is 39.5 Å². The fraction of sp³-hybridized carbons (Fsp3) is 0.478. The zero-order valence-electron chi connectivity index (χ0n) is 19.6. The number of rotatable bonds is 9. The number of amides is 1. The highest BCUT2D eigenvalue weighted by molar-refractivity contribution is 7.91. The van der Waals surface area contributed by atoms with E-state index in [2.05, 4.69) is 4.99 Å². The van der Waals surface area contributed by atoms with Crippen molar-refractivity contribution in [1.82, 2.24) is 8.87 Å². The highest BCUT2D eigenvalue weighted by Gasteiger charge is 2.38. The number of carbonyl (C=O) groups excluding carboxylic acids is 1. The van der Waals surface area contributed by atoms with E-state index < -0.39 is 22.0 Å². The second-order valence-electron chi connectivity index (χ2n) is 7.93. The van der Waals surface area contributed by atoms with Crippen molar-refractivity contribution in [1.29, 1.82) is 0 Å². The molecule has 8 nitrogen and oxygen atoms in total. The molecule has 1 aromatic carbocycles. The first kappa shape index (κ1) is 26.3. The topological polar surface area (TPSA) is 90.2 Å². The van der Waals surface area contributed by atoms with E-state index in [1.165, 1.54) is 21.7 Å². The minimum atomic E-state index is -3.85. The number of sulfonamides is 1. The number of thiophene rings is 1. The lowest BCUT2D eigenvalue weighted by Gasteiger charge is -2.31. The zero-order valence-corrected chi connectivity index (χ0v) is 22.8. The molecule has 2 aromatic heterocycles. The van der Waals surface area contributed by atoms with E-state index in [0.717, 1.165) is 33.7 Å². The Morgan fingerprint density at radius 2 is 2.00 bits per heavy atom. The highest BCUT2D eigenvalue weighted by Crippen LogP contribution is 2.32. The molecule has 1 aliphatic rings. The number of halogens is 1. The van der Waals surface area contributed by atoms with Gasteiger partial charge in [-0.3, -0.25) is 4.79 Å². The summed E-state index contributed by atoms with van der Waals surface area (Å²) in [5.74, 6) is 0.285. The van der Waals surface area contributed by atoms with Crippen LogP contribution in [0.4, 0.5) is 0 Å². The molecule has 0 bridgehead atoms. The third-order valence-corrected chi connectivity index (χ3v) is 10.3. The summed E-state index contributed by atoms with van der Waals surface area (Å²) in [5.41, 5.74) is 0.922. The Hall–Kier alpha value is -1.76. The van der Waals surface area contributed by atoms with Gasteiger partial charge >= 0.3 is 0 Å². The monoisotopic (exact) mass is 557 g/mol. The van der Waals surface area contributed by atoms with Gasteiger partial charge < -0.3 is 14.0 Å². The maximum absolute atomic E-state index is 13.4. The fourth-order valence-electron chi connectivity index (χ4n) is 4.07. The third kappa shape index (κ3) is 5.81. The van der Waals surface area contributed by atoms with Gasteiger partial charge in [0.25, 0.3) is 15.9 Å². The molecular weight excluding hydrogens is 530 g/mol. The molecule has 0 radical (unpaired) electrons. The summed E-state index contributed by atoms with van der Waals surface area (Å²) < 4.78 is 42.5. The Kier molecular flexibility index (Phi) is 8.67. The predicted molar refractivity (Wildman–Crippen MR) is 139 cm³/mol. The van der Waals surface area contributed by atoms with Crippen molar-refractivity contribution < 1.29 is 22.7 Å². The van der Waals surface area contributed by atoms with Crippen molar-refractivity contribution in [3.63, 3.8) is 0 Å². The lowest BCUT2D eigenvalue weighted by Crippen LogP contribution is -2.47. The average molecular weight is 558 g/mol. The molecule has 35 heavy (non-hydrogen) atoms. The highest BCUT2D eigenvalue weighted by atomic mass is 35.5. The van der Waals surface area contributed by atoms with Crippen LogP contribution < -0.4 is 9.54 Å². The summed E-state index contributed by atoms with van der Waals surface area (Å²) in [6.45, 7) is 6.27. The molecule has 1 atom stereocenters. The van der Waals surface area contributed by atoms with Crippen molar-refractivity contribution in [3.8, 4) is 5.75 Å². The maximum atomic E-state index is 13.4. The van der Waals surface area contributed by atoms with Gasteiger partial charge in [-0.1, -0.05) is 29.4 Å². The number of ether oxygens (including phenoxy) is 2. The largest absolute Gasteiger partial charge is 0.494 e. The standard InChI is InChI=1S/C23H28ClN3O5S3/c1-3-31-14-13-26-17-9-8-16(32-4-2)15-19(17)33-23(26)25-22(28)18-7-5-6-12-27(18)35(29,30)21-11-10-20(24)34-21/h8-11,15,18H,3-7,12-14H2,1-2H3. The van der Waals surface area contributed by atoms with Gasteiger partial charge in [-0.15, -0.1) is 11.3 Å². The molecule has 1 fully saturated rings. The van der Waals surface area contributed by atoms with Gasteiger partial charge in [0.2, 0.25) is 0 Å². The lowest BCUT2D eigenvalue weighted by molar-refractivity contribution is -0.122. The number of piperidine rings is 1. The van der Waals surface area contributed by atoms with Crippen LogP contribution in [-0.2, 0) is 26.1 Å². The van der Waals surface area contributed by atoms with Crippen LogP contribution in [0.25, 0.3) is 10.2 Å². The summed E-state index contributed by atoms with van der Waals surface area (Å²) in [5, 5.41) is 0. The zero-order chi connectivity index (χ0) is 25.0. The van der Waals surface area contributed by atoms with E-state index >= 15 is 0 Å². The molecule has 0 saturated carbocycles. The fourth-order valence-corrected chi connectivity index (χ4v) is 8.42. The number of aromatic nitrogens is 1. The molecule has 190 valence electrons. The van der Waals surface area contributed by atoms with Gasteiger partial charge in [0.15, 0.2) is 4.80 Å². The first-order valence-electron chi connectivity index (χ1n) is 11.5. The first-order chi connectivity index (χ1) is 16.8. The van der Waals surface area contributed by atoms with Crippen molar-refractivity contribution in [2.24, 2.45) is 4.99 Å². The van der Waals surface area contributed by atoms with Crippen molar-refractivity contribution in [3.05, 3.63) is 39.5 Å².